The average Bonchev–Trinajstić information content (AvgIpc) is 2.39. The first-order chi connectivity index (χ1) is 9.08. The Morgan fingerprint density at radius 3 is 2.32 bits per heavy atom. The fourth-order valence-electron chi connectivity index (χ4n) is 1.48. The van der Waals surface area contributed by atoms with Gasteiger partial charge in [0.05, 0.1) is 10.5 Å². The Hall–Kier alpha value is -2.40. The molecule has 2 aromatic carbocycles. The van der Waals surface area contributed by atoms with Crippen molar-refractivity contribution in [3.8, 4) is 11.5 Å². The highest BCUT2D eigenvalue weighted by molar-refractivity contribution is 6.68. The largest absolute Gasteiger partial charge is 0.457 e. The second-order valence-electron chi connectivity index (χ2n) is 3.62. The van der Waals surface area contributed by atoms with Gasteiger partial charge in [-0.25, -0.2) is 0 Å². The molecular weight excluding hydrogens is 270 g/mol. The summed E-state index contributed by atoms with van der Waals surface area (Å²) in [4.78, 5) is 21.2. The van der Waals surface area contributed by atoms with Crippen molar-refractivity contribution < 1.29 is 14.5 Å². The van der Waals surface area contributed by atoms with Crippen LogP contribution >= 0.6 is 11.6 Å². The number of hydrogen-bond donors (Lipinski definition) is 0. The maximum Gasteiger partial charge on any atom is 0.269 e. The molecule has 0 spiro atoms. The summed E-state index contributed by atoms with van der Waals surface area (Å²) in [6.45, 7) is 0. The van der Waals surface area contributed by atoms with Gasteiger partial charge in [0.1, 0.15) is 11.5 Å². The Bertz CT molecular complexity index is 625. The Balaban J connectivity index is 2.26. The molecule has 0 fully saturated rings. The predicted molar refractivity (Wildman–Crippen MR) is 69.8 cm³/mol. The molecular formula is C13H8ClNO4. The number of para-hydroxylation sites is 1. The maximum atomic E-state index is 11.2. The first-order valence-electron chi connectivity index (χ1n) is 5.29. The zero-order valence-corrected chi connectivity index (χ0v) is 10.3. The molecule has 2 rings (SSSR count). The molecule has 96 valence electrons. The van der Waals surface area contributed by atoms with Gasteiger partial charge in [0.15, 0.2) is 0 Å². The van der Waals surface area contributed by atoms with E-state index in [0.717, 1.165) is 0 Å². The average molecular weight is 278 g/mol. The Labute approximate surface area is 113 Å². The smallest absolute Gasteiger partial charge is 0.269 e. The minimum absolute atomic E-state index is 0.0333. The van der Waals surface area contributed by atoms with Gasteiger partial charge in [0.25, 0.3) is 10.9 Å². The molecule has 2 aromatic rings. The van der Waals surface area contributed by atoms with Crippen LogP contribution in [-0.4, -0.2) is 10.2 Å². The monoisotopic (exact) mass is 277 g/mol. The lowest BCUT2D eigenvalue weighted by atomic mass is 10.2. The van der Waals surface area contributed by atoms with Crippen molar-refractivity contribution in [3.05, 3.63) is 64.2 Å². The van der Waals surface area contributed by atoms with Gasteiger partial charge in [-0.15, -0.1) is 0 Å². The molecule has 0 bridgehead atoms. The van der Waals surface area contributed by atoms with Crippen molar-refractivity contribution in [2.45, 2.75) is 0 Å². The van der Waals surface area contributed by atoms with Gasteiger partial charge < -0.3 is 4.74 Å². The van der Waals surface area contributed by atoms with E-state index >= 15 is 0 Å². The van der Waals surface area contributed by atoms with Crippen molar-refractivity contribution in [2.75, 3.05) is 0 Å². The summed E-state index contributed by atoms with van der Waals surface area (Å²) >= 11 is 5.43. The van der Waals surface area contributed by atoms with E-state index < -0.39 is 10.2 Å². The van der Waals surface area contributed by atoms with Crippen molar-refractivity contribution in [2.24, 2.45) is 0 Å². The molecule has 0 aliphatic carbocycles. The van der Waals surface area contributed by atoms with Crippen LogP contribution in [0.5, 0.6) is 11.5 Å². The Morgan fingerprint density at radius 1 is 1.11 bits per heavy atom. The molecule has 0 aromatic heterocycles. The predicted octanol–water partition coefficient (Wildman–Crippen LogP) is 3.77. The molecule has 0 saturated heterocycles. The van der Waals surface area contributed by atoms with E-state index in [1.807, 2.05) is 0 Å². The molecule has 0 unspecified atom stereocenters. The van der Waals surface area contributed by atoms with Gasteiger partial charge in [-0.3, -0.25) is 14.9 Å². The van der Waals surface area contributed by atoms with Gasteiger partial charge >= 0.3 is 0 Å². The van der Waals surface area contributed by atoms with Crippen molar-refractivity contribution in [1.29, 1.82) is 0 Å². The highest BCUT2D eigenvalue weighted by Crippen LogP contribution is 2.27. The van der Waals surface area contributed by atoms with Gasteiger partial charge in [0, 0.05) is 12.1 Å². The number of carbonyl (C=O) groups is 1. The third kappa shape index (κ3) is 3.08. The standard InChI is InChI=1S/C13H8ClNO4/c14-13(16)11-3-1-2-4-12(11)19-10-7-5-9(6-8-10)15(17)18/h1-8H. The third-order valence-electron chi connectivity index (χ3n) is 2.37. The number of rotatable bonds is 4. The highest BCUT2D eigenvalue weighted by atomic mass is 35.5. The summed E-state index contributed by atoms with van der Waals surface area (Å²) in [7, 11) is 0. The van der Waals surface area contributed by atoms with Crippen LogP contribution in [0.4, 0.5) is 5.69 Å². The molecule has 5 nitrogen and oxygen atoms in total. The summed E-state index contributed by atoms with van der Waals surface area (Å²) in [5, 5.41) is 9.89. The third-order valence-corrected chi connectivity index (χ3v) is 2.58. The van der Waals surface area contributed by atoms with Crippen molar-refractivity contribution in [1.82, 2.24) is 0 Å². The molecule has 0 N–H and O–H groups in total. The number of nitrogens with zero attached hydrogens (tertiary/aromatic N) is 1. The first-order valence-corrected chi connectivity index (χ1v) is 5.67. The van der Waals surface area contributed by atoms with E-state index in [4.69, 9.17) is 16.3 Å². The molecule has 0 radical (unpaired) electrons. The molecule has 6 heteroatoms. The Morgan fingerprint density at radius 2 is 1.74 bits per heavy atom. The summed E-state index contributed by atoms with van der Waals surface area (Å²) in [6, 6.07) is 12.0. The maximum absolute atomic E-state index is 11.2. The molecule has 0 amide bonds. The van der Waals surface area contributed by atoms with Gasteiger partial charge in [-0.1, -0.05) is 12.1 Å². The number of ether oxygens (including phenoxy) is 1. The zero-order chi connectivity index (χ0) is 13.8. The minimum Gasteiger partial charge on any atom is -0.457 e. The fourth-order valence-corrected chi connectivity index (χ4v) is 1.64. The number of nitro benzene ring substituents is 1. The van der Waals surface area contributed by atoms with Crippen LogP contribution in [0.3, 0.4) is 0 Å². The SMILES string of the molecule is O=C(Cl)c1ccccc1Oc1ccc([N+](=O)[O-])cc1. The van der Waals surface area contributed by atoms with Gasteiger partial charge in [0.2, 0.25) is 0 Å². The van der Waals surface area contributed by atoms with E-state index in [2.05, 4.69) is 0 Å². The van der Waals surface area contributed by atoms with E-state index in [1.165, 1.54) is 30.3 Å². The second kappa shape index (κ2) is 5.49. The number of nitro groups is 1. The van der Waals surface area contributed by atoms with Crippen LogP contribution in [0.15, 0.2) is 48.5 Å². The topological polar surface area (TPSA) is 69.4 Å². The summed E-state index contributed by atoms with van der Waals surface area (Å²) < 4.78 is 5.48. The van der Waals surface area contributed by atoms with E-state index in [9.17, 15) is 14.9 Å². The van der Waals surface area contributed by atoms with E-state index in [0.29, 0.717) is 11.5 Å². The van der Waals surface area contributed by atoms with Crippen LogP contribution in [0.25, 0.3) is 0 Å². The first kappa shape index (κ1) is 13.0. The minimum atomic E-state index is -0.627. The van der Waals surface area contributed by atoms with Crippen molar-refractivity contribution >= 4 is 22.5 Å². The van der Waals surface area contributed by atoms with Gasteiger partial charge in [-0.05, 0) is 35.9 Å². The van der Waals surface area contributed by atoms with E-state index in [1.54, 1.807) is 18.2 Å². The number of carbonyl (C=O) groups excluding carboxylic acids is 1. The summed E-state index contributed by atoms with van der Waals surface area (Å²) in [5.74, 6) is 0.687. The van der Waals surface area contributed by atoms with Crippen LogP contribution < -0.4 is 4.74 Å². The lowest BCUT2D eigenvalue weighted by molar-refractivity contribution is -0.384. The fraction of sp³-hybridized carbons (Fsp3) is 0. The molecule has 19 heavy (non-hydrogen) atoms. The van der Waals surface area contributed by atoms with Crippen molar-refractivity contribution in [3.63, 3.8) is 0 Å². The van der Waals surface area contributed by atoms with Crippen LogP contribution in [0.1, 0.15) is 10.4 Å². The summed E-state index contributed by atoms with van der Waals surface area (Å²) in [6.07, 6.45) is 0. The lowest BCUT2D eigenvalue weighted by Gasteiger charge is -2.08. The Kier molecular flexibility index (Phi) is 3.77. The van der Waals surface area contributed by atoms with Gasteiger partial charge in [-0.2, -0.15) is 0 Å². The normalized spacial score (nSPS) is 9.95. The molecule has 0 saturated carbocycles. The molecule has 0 heterocycles. The second-order valence-corrected chi connectivity index (χ2v) is 3.97. The highest BCUT2D eigenvalue weighted by Gasteiger charge is 2.11. The number of halogens is 1. The van der Waals surface area contributed by atoms with Crippen LogP contribution in [0.2, 0.25) is 0 Å². The quantitative estimate of drug-likeness (QED) is 0.484. The van der Waals surface area contributed by atoms with E-state index in [-0.39, 0.29) is 11.3 Å². The number of hydrogen-bond acceptors (Lipinski definition) is 4. The summed E-state index contributed by atoms with van der Waals surface area (Å²) in [5.41, 5.74) is 0.205. The number of benzene rings is 2. The molecule has 0 aliphatic rings. The van der Waals surface area contributed by atoms with Crippen LogP contribution in [0, 0.1) is 10.1 Å². The zero-order valence-electron chi connectivity index (χ0n) is 9.58. The lowest BCUT2D eigenvalue weighted by Crippen LogP contribution is -1.94. The molecule has 0 aliphatic heterocycles. The number of non-ortho nitro benzene ring substituents is 1. The molecule has 0 atom stereocenters. The van der Waals surface area contributed by atoms with Crippen LogP contribution in [-0.2, 0) is 0 Å².